The number of hydrogen-bond donors (Lipinski definition) is 0. The first-order chi connectivity index (χ1) is 10.4. The van der Waals surface area contributed by atoms with Gasteiger partial charge in [0.05, 0.1) is 0 Å². The number of hydrogen-bond acceptors (Lipinski definition) is 3. The maximum atomic E-state index is 4.57. The third-order valence-electron chi connectivity index (χ3n) is 4.65. The number of benzene rings is 1. The maximum Gasteiger partial charge on any atom is 0.128 e. The Morgan fingerprint density at radius 1 is 0.905 bits per heavy atom. The highest BCUT2D eigenvalue weighted by atomic mass is 32.2. The molecule has 0 saturated carbocycles. The van der Waals surface area contributed by atoms with Crippen LogP contribution in [0.3, 0.4) is 0 Å². The molecule has 0 unspecified atom stereocenters. The molecule has 2 aromatic rings. The van der Waals surface area contributed by atoms with Gasteiger partial charge in [-0.25, -0.2) is 4.98 Å². The first kappa shape index (κ1) is 13.2. The molecular weight excluding hydrogens is 276 g/mol. The summed E-state index contributed by atoms with van der Waals surface area (Å²) in [5, 5.41) is 0.755. The van der Waals surface area contributed by atoms with Gasteiger partial charge in [0, 0.05) is 28.4 Å². The molecule has 3 heterocycles. The molecule has 2 nitrogen and oxygen atoms in total. The van der Waals surface area contributed by atoms with Gasteiger partial charge in [0.15, 0.2) is 0 Å². The van der Waals surface area contributed by atoms with Crippen LogP contribution in [0.5, 0.6) is 0 Å². The molecule has 2 aliphatic rings. The highest BCUT2D eigenvalue weighted by Gasteiger charge is 2.41. The molecule has 2 fully saturated rings. The van der Waals surface area contributed by atoms with E-state index in [-0.39, 0.29) is 0 Å². The molecule has 1 aromatic carbocycles. The van der Waals surface area contributed by atoms with Gasteiger partial charge in [-0.2, -0.15) is 0 Å². The summed E-state index contributed by atoms with van der Waals surface area (Å²) in [7, 11) is 0. The van der Waals surface area contributed by atoms with Crippen LogP contribution in [0, 0.1) is 0 Å². The number of piperidine rings is 1. The second kappa shape index (κ2) is 5.72. The van der Waals surface area contributed by atoms with Crippen LogP contribution in [0.15, 0.2) is 59.6 Å². The van der Waals surface area contributed by atoms with Gasteiger partial charge < -0.3 is 4.90 Å². The molecule has 0 N–H and O–H groups in total. The first-order valence-electron chi connectivity index (χ1n) is 7.81. The molecule has 3 heteroatoms. The van der Waals surface area contributed by atoms with Crippen molar-refractivity contribution >= 4 is 17.6 Å². The van der Waals surface area contributed by atoms with E-state index < -0.39 is 0 Å². The van der Waals surface area contributed by atoms with Gasteiger partial charge in [-0.05, 0) is 49.9 Å². The lowest BCUT2D eigenvalue weighted by Crippen LogP contribution is -2.44. The van der Waals surface area contributed by atoms with Crippen molar-refractivity contribution in [2.24, 2.45) is 0 Å². The number of rotatable bonds is 3. The van der Waals surface area contributed by atoms with Crippen molar-refractivity contribution in [1.82, 2.24) is 4.98 Å². The summed E-state index contributed by atoms with van der Waals surface area (Å²) in [5.41, 5.74) is 0. The zero-order valence-electron chi connectivity index (χ0n) is 12.1. The first-order valence-corrected chi connectivity index (χ1v) is 8.69. The van der Waals surface area contributed by atoms with Gasteiger partial charge in [0.2, 0.25) is 0 Å². The topological polar surface area (TPSA) is 16.1 Å². The van der Waals surface area contributed by atoms with Crippen LogP contribution in [0.2, 0.25) is 0 Å². The van der Waals surface area contributed by atoms with Crippen molar-refractivity contribution in [3.63, 3.8) is 0 Å². The third kappa shape index (κ3) is 2.67. The van der Waals surface area contributed by atoms with Crippen LogP contribution < -0.4 is 4.90 Å². The predicted octanol–water partition coefficient (Wildman–Crippen LogP) is 4.37. The minimum absolute atomic E-state index is 0.680. The van der Waals surface area contributed by atoms with Crippen LogP contribution in [0.25, 0.3) is 0 Å². The zero-order chi connectivity index (χ0) is 14.1. The Labute approximate surface area is 130 Å². The molecule has 3 atom stereocenters. The molecule has 0 radical (unpaired) electrons. The highest BCUT2D eigenvalue weighted by molar-refractivity contribution is 8.00. The maximum absolute atomic E-state index is 4.57. The minimum Gasteiger partial charge on any atom is -0.351 e. The second-order valence-corrected chi connectivity index (χ2v) is 7.38. The van der Waals surface area contributed by atoms with Crippen LogP contribution in [0.1, 0.15) is 25.7 Å². The van der Waals surface area contributed by atoms with Crippen LogP contribution in [0.4, 0.5) is 5.82 Å². The quantitative estimate of drug-likeness (QED) is 0.836. The summed E-state index contributed by atoms with van der Waals surface area (Å²) in [6.45, 7) is 0. The van der Waals surface area contributed by atoms with E-state index in [1.807, 2.05) is 12.3 Å². The van der Waals surface area contributed by atoms with Gasteiger partial charge in [-0.3, -0.25) is 0 Å². The van der Waals surface area contributed by atoms with Gasteiger partial charge >= 0.3 is 0 Å². The van der Waals surface area contributed by atoms with Crippen LogP contribution in [-0.4, -0.2) is 22.3 Å². The summed E-state index contributed by atoms with van der Waals surface area (Å²) in [4.78, 5) is 8.57. The predicted molar refractivity (Wildman–Crippen MR) is 88.8 cm³/mol. The molecular formula is C18H20N2S. The molecule has 0 aliphatic carbocycles. The molecule has 4 rings (SSSR count). The molecule has 0 amide bonds. The second-order valence-electron chi connectivity index (χ2n) is 6.00. The van der Waals surface area contributed by atoms with E-state index in [2.05, 4.69) is 64.1 Å². The average molecular weight is 296 g/mol. The molecule has 2 saturated heterocycles. The standard InChI is InChI=1S/C18H20N2S/c1-2-6-16(7-3-1)21-17-12-14-9-10-15(13-17)20(14)18-8-4-5-11-19-18/h1-8,11,14-15,17H,9-10,12-13H2/t14-,15+,17+. The number of anilines is 1. The lowest BCUT2D eigenvalue weighted by Gasteiger charge is -2.39. The molecule has 1 aromatic heterocycles. The normalized spacial score (nSPS) is 27.8. The van der Waals surface area contributed by atoms with Crippen molar-refractivity contribution in [3.8, 4) is 0 Å². The number of fused-ring (bicyclic) bond motifs is 2. The van der Waals surface area contributed by atoms with E-state index in [0.29, 0.717) is 12.1 Å². The Morgan fingerprint density at radius 3 is 2.29 bits per heavy atom. The zero-order valence-corrected chi connectivity index (χ0v) is 12.9. The summed E-state index contributed by atoms with van der Waals surface area (Å²) in [6.07, 6.45) is 7.14. The van der Waals surface area contributed by atoms with Crippen molar-refractivity contribution in [1.29, 1.82) is 0 Å². The monoisotopic (exact) mass is 296 g/mol. The summed E-state index contributed by atoms with van der Waals surface area (Å²) in [5.74, 6) is 1.17. The minimum atomic E-state index is 0.680. The fourth-order valence-corrected chi connectivity index (χ4v) is 5.13. The third-order valence-corrected chi connectivity index (χ3v) is 5.91. The van der Waals surface area contributed by atoms with E-state index in [9.17, 15) is 0 Å². The number of pyridine rings is 1. The number of thioether (sulfide) groups is 1. The smallest absolute Gasteiger partial charge is 0.128 e. The van der Waals surface area contributed by atoms with Crippen LogP contribution in [-0.2, 0) is 0 Å². The van der Waals surface area contributed by atoms with Gasteiger partial charge in [-0.1, -0.05) is 24.3 Å². The van der Waals surface area contributed by atoms with E-state index in [1.165, 1.54) is 36.4 Å². The van der Waals surface area contributed by atoms with Gasteiger partial charge in [0.25, 0.3) is 0 Å². The Bertz CT molecular complexity index is 573. The molecule has 21 heavy (non-hydrogen) atoms. The summed E-state index contributed by atoms with van der Waals surface area (Å²) in [6, 6.07) is 18.5. The van der Waals surface area contributed by atoms with E-state index in [4.69, 9.17) is 0 Å². The SMILES string of the molecule is c1ccc(S[C@H]2C[C@H]3CC[C@@H](C2)N3c2ccccn2)cc1. The average Bonchev–Trinajstić information content (AvgIpc) is 2.80. The van der Waals surface area contributed by atoms with Crippen molar-refractivity contribution in [2.45, 2.75) is 47.9 Å². The fraction of sp³-hybridized carbons (Fsp3) is 0.389. The lowest BCUT2D eigenvalue weighted by atomic mass is 10.0. The Balaban J connectivity index is 1.49. The number of aromatic nitrogens is 1. The van der Waals surface area contributed by atoms with E-state index in [0.717, 1.165) is 5.25 Å². The molecule has 108 valence electrons. The van der Waals surface area contributed by atoms with Crippen molar-refractivity contribution in [2.75, 3.05) is 4.90 Å². The Morgan fingerprint density at radius 2 is 1.62 bits per heavy atom. The van der Waals surface area contributed by atoms with Crippen LogP contribution >= 0.6 is 11.8 Å². The fourth-order valence-electron chi connectivity index (χ4n) is 3.80. The molecule has 2 aliphatic heterocycles. The Hall–Kier alpha value is -1.48. The number of nitrogens with zero attached hydrogens (tertiary/aromatic N) is 2. The summed E-state index contributed by atoms with van der Waals surface area (Å²) >= 11 is 2.06. The van der Waals surface area contributed by atoms with Gasteiger partial charge in [0.1, 0.15) is 5.82 Å². The summed E-state index contributed by atoms with van der Waals surface area (Å²) < 4.78 is 0. The molecule has 2 bridgehead atoms. The van der Waals surface area contributed by atoms with E-state index in [1.54, 1.807) is 0 Å². The van der Waals surface area contributed by atoms with Crippen molar-refractivity contribution in [3.05, 3.63) is 54.7 Å². The molecule has 0 spiro atoms. The van der Waals surface area contributed by atoms with Gasteiger partial charge in [-0.15, -0.1) is 11.8 Å². The lowest BCUT2D eigenvalue weighted by molar-refractivity contribution is 0.475. The largest absolute Gasteiger partial charge is 0.351 e. The van der Waals surface area contributed by atoms with Crippen molar-refractivity contribution < 1.29 is 0 Å². The highest BCUT2D eigenvalue weighted by Crippen LogP contribution is 2.43. The Kier molecular flexibility index (Phi) is 3.60. The van der Waals surface area contributed by atoms with E-state index >= 15 is 0 Å².